The van der Waals surface area contributed by atoms with Crippen LogP contribution in [0.1, 0.15) is 24.1 Å². The summed E-state index contributed by atoms with van der Waals surface area (Å²) < 4.78 is 7.37. The number of nitrogens with zero attached hydrogens (tertiary/aromatic N) is 3. The minimum atomic E-state index is -0.932. The smallest absolute Gasteiger partial charge is 0.204 e. The van der Waals surface area contributed by atoms with Gasteiger partial charge in [-0.3, -0.25) is 21.3 Å². The highest BCUT2D eigenvalue weighted by Crippen LogP contribution is 2.28. The summed E-state index contributed by atoms with van der Waals surface area (Å²) in [6.07, 6.45) is 2.14. The number of benzene rings is 1. The fraction of sp³-hybridized carbons (Fsp3) is 0.400. The molecule has 28 heavy (non-hydrogen) atoms. The fourth-order valence-corrected chi connectivity index (χ4v) is 3.92. The van der Waals surface area contributed by atoms with E-state index in [1.54, 1.807) is 0 Å². The van der Waals surface area contributed by atoms with E-state index in [1.165, 1.54) is 0 Å². The van der Waals surface area contributed by atoms with Gasteiger partial charge < -0.3 is 10.1 Å². The minimum absolute atomic E-state index is 0.576. The molecule has 0 aliphatic carbocycles. The molecule has 5 rings (SSSR count). The third-order valence-corrected chi connectivity index (χ3v) is 5.64. The lowest BCUT2D eigenvalue weighted by molar-refractivity contribution is 0.0687. The van der Waals surface area contributed by atoms with Crippen molar-refractivity contribution >= 4 is 16.7 Å². The lowest BCUT2D eigenvalue weighted by atomic mass is 10.0. The molecule has 4 heterocycles. The zero-order valence-corrected chi connectivity index (χ0v) is 15.9. The molecule has 1 atom stereocenters. The molecule has 1 saturated heterocycles. The topological polar surface area (TPSA) is 105 Å². The average Bonchev–Trinajstić information content (AvgIpc) is 3.27. The highest BCUT2D eigenvalue weighted by atomic mass is 16.5. The first-order chi connectivity index (χ1) is 13.6. The molecule has 1 fully saturated rings. The number of hydrogen-bond acceptors (Lipinski definition) is 6. The maximum Gasteiger partial charge on any atom is 0.204 e. The molecule has 2 aromatic heterocycles. The first-order valence-corrected chi connectivity index (χ1v) is 9.73. The average molecular weight is 379 g/mol. The first-order valence-electron chi connectivity index (χ1n) is 9.73. The van der Waals surface area contributed by atoms with Gasteiger partial charge in [-0.25, -0.2) is 4.68 Å². The van der Waals surface area contributed by atoms with Gasteiger partial charge >= 0.3 is 0 Å². The van der Waals surface area contributed by atoms with E-state index >= 15 is 0 Å². The van der Waals surface area contributed by atoms with Crippen LogP contribution in [-0.4, -0.2) is 34.6 Å². The summed E-state index contributed by atoms with van der Waals surface area (Å²) in [6.45, 7) is 4.48. The number of aromatic amines is 1. The van der Waals surface area contributed by atoms with Crippen molar-refractivity contribution in [1.82, 2.24) is 14.9 Å². The van der Waals surface area contributed by atoms with E-state index in [0.717, 1.165) is 66.1 Å². The van der Waals surface area contributed by atoms with Crippen molar-refractivity contribution in [3.63, 3.8) is 0 Å². The van der Waals surface area contributed by atoms with Crippen LogP contribution in [0.25, 0.3) is 10.9 Å². The van der Waals surface area contributed by atoms with Crippen molar-refractivity contribution in [3.8, 4) is 0 Å². The second-order valence-corrected chi connectivity index (χ2v) is 7.63. The number of pyridine rings is 1. The summed E-state index contributed by atoms with van der Waals surface area (Å²) in [5.74, 6) is 0.528. The Morgan fingerprint density at radius 1 is 1.29 bits per heavy atom. The van der Waals surface area contributed by atoms with Crippen LogP contribution in [0.2, 0.25) is 0 Å². The van der Waals surface area contributed by atoms with Gasteiger partial charge in [-0.2, -0.15) is 5.10 Å². The largest absolute Gasteiger partial charge is 0.381 e. The highest BCUT2D eigenvalue weighted by Gasteiger charge is 2.34. The number of H-pyrrole nitrogens is 1. The predicted molar refractivity (Wildman–Crippen MR) is 108 cm³/mol. The van der Waals surface area contributed by atoms with E-state index < -0.39 is 5.79 Å². The molecular formula is C20H25N7O. The van der Waals surface area contributed by atoms with Gasteiger partial charge in [0.2, 0.25) is 5.79 Å². The van der Waals surface area contributed by atoms with Crippen LogP contribution >= 0.6 is 0 Å². The molecule has 0 saturated carbocycles. The maximum atomic E-state index is 6.70. The van der Waals surface area contributed by atoms with Crippen molar-refractivity contribution in [2.45, 2.75) is 25.6 Å². The van der Waals surface area contributed by atoms with Crippen molar-refractivity contribution < 1.29 is 4.74 Å². The molecule has 8 nitrogen and oxygen atoms in total. The predicted octanol–water partition coefficient (Wildman–Crippen LogP) is 1.74. The Morgan fingerprint density at radius 3 is 3.00 bits per heavy atom. The van der Waals surface area contributed by atoms with Crippen molar-refractivity contribution in [2.75, 3.05) is 30.5 Å². The van der Waals surface area contributed by atoms with E-state index in [0.29, 0.717) is 5.92 Å². The van der Waals surface area contributed by atoms with Crippen LogP contribution in [-0.2, 0) is 10.5 Å². The quantitative estimate of drug-likeness (QED) is 0.555. The summed E-state index contributed by atoms with van der Waals surface area (Å²) in [7, 11) is 0. The maximum absolute atomic E-state index is 6.70. The van der Waals surface area contributed by atoms with E-state index in [9.17, 15) is 0 Å². The van der Waals surface area contributed by atoms with Gasteiger partial charge in [0.05, 0.1) is 5.52 Å². The Balaban J connectivity index is 1.45. The molecule has 1 aromatic carbocycles. The third kappa shape index (κ3) is 2.94. The summed E-state index contributed by atoms with van der Waals surface area (Å²) in [5, 5.41) is 11.9. The number of aryl methyl sites for hydroxylation is 1. The molecular weight excluding hydrogens is 354 g/mol. The summed E-state index contributed by atoms with van der Waals surface area (Å²) in [5.41, 5.74) is 13.8. The molecule has 1 unspecified atom stereocenters. The number of ether oxygens (including phenoxy) is 1. The molecule has 0 amide bonds. The van der Waals surface area contributed by atoms with Crippen LogP contribution in [0.3, 0.4) is 0 Å². The van der Waals surface area contributed by atoms with Crippen LogP contribution in [0.5, 0.6) is 0 Å². The Hall–Kier alpha value is -2.84. The Kier molecular flexibility index (Phi) is 4.10. The van der Waals surface area contributed by atoms with Gasteiger partial charge in [0, 0.05) is 36.4 Å². The summed E-state index contributed by atoms with van der Waals surface area (Å²) in [4.78, 5) is 4.85. The molecule has 0 spiro atoms. The van der Waals surface area contributed by atoms with Crippen molar-refractivity contribution in [3.05, 3.63) is 53.1 Å². The van der Waals surface area contributed by atoms with E-state index in [4.69, 9.17) is 15.5 Å². The van der Waals surface area contributed by atoms with E-state index in [-0.39, 0.29) is 0 Å². The summed E-state index contributed by atoms with van der Waals surface area (Å²) in [6, 6.07) is 12.1. The second-order valence-electron chi connectivity index (χ2n) is 7.63. The van der Waals surface area contributed by atoms with Crippen molar-refractivity contribution in [1.29, 1.82) is 0 Å². The van der Waals surface area contributed by atoms with E-state index in [1.807, 2.05) is 48.0 Å². The number of rotatable bonds is 3. The Labute approximate surface area is 162 Å². The Bertz CT molecular complexity index is 1080. The van der Waals surface area contributed by atoms with Gasteiger partial charge in [0.25, 0.3) is 0 Å². The first kappa shape index (κ1) is 17.3. The number of nitrogens with two attached hydrogens (primary N) is 1. The molecule has 146 valence electrons. The lowest BCUT2D eigenvalue weighted by Gasteiger charge is -2.25. The van der Waals surface area contributed by atoms with Gasteiger partial charge in [-0.15, -0.1) is 0 Å². The number of fused-ring (bicyclic) bond motifs is 2. The van der Waals surface area contributed by atoms with Crippen molar-refractivity contribution in [2.24, 2.45) is 16.6 Å². The van der Waals surface area contributed by atoms with Gasteiger partial charge in [-0.05, 0) is 43.9 Å². The molecule has 3 aromatic rings. The molecule has 8 heteroatoms. The van der Waals surface area contributed by atoms with Crippen LogP contribution in [0, 0.1) is 12.8 Å². The standard InChI is InChI=1S/C20H25N7O/c1-13-16-6-5-15(11-17(16)25-24-13)20(21)23-19-4-2-3-18(27(19)26-20)22-12-14-7-9-28-10-8-14/h2-6,11,14,23,26H,7-10,12,21H2,1H3,(H,24,25). The number of anilines is 1. The number of hydrogen-bond donors (Lipinski definition) is 4. The third-order valence-electron chi connectivity index (χ3n) is 5.64. The second kappa shape index (κ2) is 6.65. The van der Waals surface area contributed by atoms with E-state index in [2.05, 4.69) is 20.9 Å². The zero-order chi connectivity index (χ0) is 19.1. The SMILES string of the molecule is Cc1[nH]nc2cc(C3(N)Nc4cccc(=NCC5CCOCC5)n4N3)ccc12. The van der Waals surface area contributed by atoms with Crippen LogP contribution < -0.4 is 22.0 Å². The van der Waals surface area contributed by atoms with Gasteiger partial charge in [0.15, 0.2) is 0 Å². The lowest BCUT2D eigenvalue weighted by Crippen LogP contribution is -2.50. The minimum Gasteiger partial charge on any atom is -0.381 e. The normalized spacial score (nSPS) is 22.9. The highest BCUT2D eigenvalue weighted by molar-refractivity contribution is 5.82. The monoisotopic (exact) mass is 379 g/mol. The zero-order valence-electron chi connectivity index (χ0n) is 15.9. The molecule has 2 aliphatic rings. The molecule has 2 aliphatic heterocycles. The van der Waals surface area contributed by atoms with Gasteiger partial charge in [0.1, 0.15) is 11.3 Å². The Morgan fingerprint density at radius 2 is 2.14 bits per heavy atom. The van der Waals surface area contributed by atoms with Gasteiger partial charge in [-0.1, -0.05) is 18.2 Å². The van der Waals surface area contributed by atoms with Crippen LogP contribution in [0.15, 0.2) is 41.4 Å². The summed E-state index contributed by atoms with van der Waals surface area (Å²) >= 11 is 0. The number of nitrogens with one attached hydrogen (secondary N) is 3. The fourth-order valence-electron chi connectivity index (χ4n) is 3.92. The molecule has 0 bridgehead atoms. The molecule has 0 radical (unpaired) electrons. The van der Waals surface area contributed by atoms with Crippen LogP contribution in [0.4, 0.5) is 5.82 Å². The molecule has 5 N–H and O–H groups in total. The number of aromatic nitrogens is 3.